The molecule has 6 nitrogen and oxygen atoms in total. The summed E-state index contributed by atoms with van der Waals surface area (Å²) in [5.41, 5.74) is -0.309. The van der Waals surface area contributed by atoms with Crippen LogP contribution < -0.4 is 5.32 Å². The molecule has 0 radical (unpaired) electrons. The lowest BCUT2D eigenvalue weighted by molar-refractivity contribution is -0.156. The van der Waals surface area contributed by atoms with E-state index in [0.29, 0.717) is 5.82 Å². The maximum Gasteiger partial charge on any atom is 0.329 e. The second-order valence-corrected chi connectivity index (χ2v) is 5.82. The Bertz CT molecular complexity index is 497. The molecule has 1 aromatic heterocycles. The molecule has 0 saturated heterocycles. The van der Waals surface area contributed by atoms with Crippen molar-refractivity contribution in [2.75, 3.05) is 5.32 Å². The first-order chi connectivity index (χ1) is 9.23. The van der Waals surface area contributed by atoms with Crippen LogP contribution in [-0.4, -0.2) is 27.8 Å². The smallest absolute Gasteiger partial charge is 0.329 e. The standard InChI is InChI=1S/C14H20N4O2/c1-9(2)12(13(19)20-14(3,4)5)16-11-7-6-10(8-15)17-18-11/h6-7,9,12H,1-5H3,(H,16,18)/t12-/m0/s1. The third-order valence-electron chi connectivity index (χ3n) is 2.41. The van der Waals surface area contributed by atoms with Gasteiger partial charge in [0, 0.05) is 0 Å². The molecule has 0 saturated carbocycles. The van der Waals surface area contributed by atoms with Gasteiger partial charge in [0.25, 0.3) is 0 Å². The maximum absolute atomic E-state index is 12.1. The lowest BCUT2D eigenvalue weighted by Crippen LogP contribution is -2.40. The molecule has 0 aliphatic carbocycles. The van der Waals surface area contributed by atoms with Gasteiger partial charge < -0.3 is 10.1 Å². The monoisotopic (exact) mass is 276 g/mol. The van der Waals surface area contributed by atoms with E-state index in [2.05, 4.69) is 15.5 Å². The molecule has 0 spiro atoms. The average molecular weight is 276 g/mol. The summed E-state index contributed by atoms with van der Waals surface area (Å²) in [4.78, 5) is 12.1. The fourth-order valence-corrected chi connectivity index (χ4v) is 1.49. The predicted molar refractivity (Wildman–Crippen MR) is 74.8 cm³/mol. The van der Waals surface area contributed by atoms with Gasteiger partial charge in [-0.05, 0) is 38.8 Å². The minimum absolute atomic E-state index is 0.0299. The fourth-order valence-electron chi connectivity index (χ4n) is 1.49. The molecular weight excluding hydrogens is 256 g/mol. The molecule has 0 unspecified atom stereocenters. The lowest BCUT2D eigenvalue weighted by Gasteiger charge is -2.26. The van der Waals surface area contributed by atoms with Crippen molar-refractivity contribution < 1.29 is 9.53 Å². The normalized spacial score (nSPS) is 12.7. The number of anilines is 1. The molecule has 6 heteroatoms. The van der Waals surface area contributed by atoms with Crippen LogP contribution in [-0.2, 0) is 9.53 Å². The van der Waals surface area contributed by atoms with Gasteiger partial charge in [-0.3, -0.25) is 0 Å². The van der Waals surface area contributed by atoms with E-state index in [9.17, 15) is 4.79 Å². The number of rotatable bonds is 4. The first-order valence-corrected chi connectivity index (χ1v) is 6.46. The van der Waals surface area contributed by atoms with E-state index in [4.69, 9.17) is 10.00 Å². The predicted octanol–water partition coefficient (Wildman–Crippen LogP) is 2.13. The number of hydrogen-bond donors (Lipinski definition) is 1. The molecule has 0 aliphatic heterocycles. The number of carbonyl (C=O) groups excluding carboxylic acids is 1. The minimum Gasteiger partial charge on any atom is -0.458 e. The molecular formula is C14H20N4O2. The van der Waals surface area contributed by atoms with E-state index in [1.807, 2.05) is 40.7 Å². The molecule has 1 heterocycles. The number of carbonyl (C=O) groups is 1. The zero-order valence-electron chi connectivity index (χ0n) is 12.5. The summed E-state index contributed by atoms with van der Waals surface area (Å²) in [6.45, 7) is 9.30. The van der Waals surface area contributed by atoms with Gasteiger partial charge in [0.05, 0.1) is 0 Å². The number of esters is 1. The second-order valence-electron chi connectivity index (χ2n) is 5.82. The van der Waals surface area contributed by atoms with Crippen LogP contribution in [0.3, 0.4) is 0 Å². The van der Waals surface area contributed by atoms with Crippen LogP contribution in [0.15, 0.2) is 12.1 Å². The molecule has 1 rings (SSSR count). The number of hydrogen-bond acceptors (Lipinski definition) is 6. The lowest BCUT2D eigenvalue weighted by atomic mass is 10.0. The average Bonchev–Trinajstić information content (AvgIpc) is 2.34. The van der Waals surface area contributed by atoms with E-state index < -0.39 is 11.6 Å². The van der Waals surface area contributed by atoms with Crippen LogP contribution in [0.5, 0.6) is 0 Å². The Kier molecular flexibility index (Phi) is 5.03. The number of nitrogens with zero attached hydrogens (tertiary/aromatic N) is 3. The van der Waals surface area contributed by atoms with Gasteiger partial charge in [-0.2, -0.15) is 5.26 Å². The van der Waals surface area contributed by atoms with Crippen molar-refractivity contribution in [2.45, 2.75) is 46.3 Å². The SMILES string of the molecule is CC(C)[C@H](Nc1ccc(C#N)nn1)C(=O)OC(C)(C)C. The largest absolute Gasteiger partial charge is 0.458 e. The van der Waals surface area contributed by atoms with Crippen LogP contribution in [0.2, 0.25) is 0 Å². The summed E-state index contributed by atoms with van der Waals surface area (Å²) in [6.07, 6.45) is 0. The van der Waals surface area contributed by atoms with E-state index in [1.54, 1.807) is 12.1 Å². The van der Waals surface area contributed by atoms with Crippen molar-refractivity contribution in [3.63, 3.8) is 0 Å². The van der Waals surface area contributed by atoms with Gasteiger partial charge in [0.2, 0.25) is 0 Å². The third-order valence-corrected chi connectivity index (χ3v) is 2.41. The molecule has 1 N–H and O–H groups in total. The number of nitrogens with one attached hydrogen (secondary N) is 1. The van der Waals surface area contributed by atoms with Crippen molar-refractivity contribution in [3.8, 4) is 6.07 Å². The highest BCUT2D eigenvalue weighted by atomic mass is 16.6. The quantitative estimate of drug-likeness (QED) is 0.847. The summed E-state index contributed by atoms with van der Waals surface area (Å²) in [7, 11) is 0. The Morgan fingerprint density at radius 1 is 1.35 bits per heavy atom. The summed E-state index contributed by atoms with van der Waals surface area (Å²) in [6, 6.07) is 4.53. The highest BCUT2D eigenvalue weighted by molar-refractivity contribution is 5.79. The molecule has 0 amide bonds. The van der Waals surface area contributed by atoms with Gasteiger partial charge in [0.1, 0.15) is 23.5 Å². The van der Waals surface area contributed by atoms with Gasteiger partial charge in [0.15, 0.2) is 5.69 Å². The van der Waals surface area contributed by atoms with E-state index >= 15 is 0 Å². The Morgan fingerprint density at radius 2 is 2.00 bits per heavy atom. The van der Waals surface area contributed by atoms with Crippen LogP contribution in [0, 0.1) is 17.2 Å². The summed E-state index contributed by atoms with van der Waals surface area (Å²) < 4.78 is 5.38. The molecule has 1 atom stereocenters. The maximum atomic E-state index is 12.1. The van der Waals surface area contributed by atoms with Crippen molar-refractivity contribution in [3.05, 3.63) is 17.8 Å². The van der Waals surface area contributed by atoms with Crippen molar-refractivity contribution >= 4 is 11.8 Å². The third kappa shape index (κ3) is 4.84. The highest BCUT2D eigenvalue weighted by Gasteiger charge is 2.28. The fraction of sp³-hybridized carbons (Fsp3) is 0.571. The number of ether oxygens (including phenoxy) is 1. The van der Waals surface area contributed by atoms with Crippen molar-refractivity contribution in [1.82, 2.24) is 10.2 Å². The van der Waals surface area contributed by atoms with Crippen molar-refractivity contribution in [2.24, 2.45) is 5.92 Å². The Labute approximate surface area is 119 Å². The molecule has 20 heavy (non-hydrogen) atoms. The topological polar surface area (TPSA) is 87.9 Å². The van der Waals surface area contributed by atoms with Crippen LogP contribution >= 0.6 is 0 Å². The van der Waals surface area contributed by atoms with Gasteiger partial charge in [-0.25, -0.2) is 4.79 Å². The second kappa shape index (κ2) is 6.33. The minimum atomic E-state index is -0.539. The van der Waals surface area contributed by atoms with E-state index in [0.717, 1.165) is 0 Å². The van der Waals surface area contributed by atoms with Crippen molar-refractivity contribution in [1.29, 1.82) is 5.26 Å². The molecule has 1 aromatic rings. The number of aromatic nitrogens is 2. The van der Waals surface area contributed by atoms with Crippen LogP contribution in [0.25, 0.3) is 0 Å². The first-order valence-electron chi connectivity index (χ1n) is 6.46. The highest BCUT2D eigenvalue weighted by Crippen LogP contribution is 2.15. The van der Waals surface area contributed by atoms with Gasteiger partial charge in [-0.15, -0.1) is 10.2 Å². The summed E-state index contributed by atoms with van der Waals surface area (Å²) >= 11 is 0. The Balaban J connectivity index is 2.81. The van der Waals surface area contributed by atoms with Gasteiger partial charge in [-0.1, -0.05) is 13.8 Å². The zero-order chi connectivity index (χ0) is 15.3. The summed E-state index contributed by atoms with van der Waals surface area (Å²) in [5, 5.41) is 19.2. The zero-order valence-corrected chi connectivity index (χ0v) is 12.5. The molecule has 0 fully saturated rings. The summed E-state index contributed by atoms with van der Waals surface area (Å²) in [5.74, 6) is 0.134. The van der Waals surface area contributed by atoms with Gasteiger partial charge >= 0.3 is 5.97 Å². The van der Waals surface area contributed by atoms with E-state index in [1.165, 1.54) is 0 Å². The van der Waals surface area contributed by atoms with E-state index in [-0.39, 0.29) is 17.6 Å². The Hall–Kier alpha value is -2.16. The molecule has 0 aromatic carbocycles. The Morgan fingerprint density at radius 3 is 2.40 bits per heavy atom. The number of nitriles is 1. The first kappa shape index (κ1) is 15.9. The van der Waals surface area contributed by atoms with Crippen LogP contribution in [0.4, 0.5) is 5.82 Å². The van der Waals surface area contributed by atoms with Crippen LogP contribution in [0.1, 0.15) is 40.3 Å². The molecule has 0 bridgehead atoms. The molecule has 108 valence electrons. The molecule has 0 aliphatic rings.